The number of methoxy groups -OCH3 is 1. The lowest BCUT2D eigenvalue weighted by Crippen LogP contribution is -2.73. The summed E-state index contributed by atoms with van der Waals surface area (Å²) in [7, 11) is 1.47. The molecule has 2 aliphatic rings. The summed E-state index contributed by atoms with van der Waals surface area (Å²) in [6, 6.07) is 11.7. The van der Waals surface area contributed by atoms with Gasteiger partial charge in [-0.1, -0.05) is 30.3 Å². The highest BCUT2D eigenvalue weighted by Gasteiger charge is 2.54. The molecule has 0 aliphatic carbocycles. The zero-order valence-electron chi connectivity index (χ0n) is 15.7. The summed E-state index contributed by atoms with van der Waals surface area (Å²) >= 11 is 0. The molecule has 0 saturated carbocycles. The van der Waals surface area contributed by atoms with E-state index in [1.54, 1.807) is 16.0 Å². The number of nitrogens with zero attached hydrogens (tertiary/aromatic N) is 3. The van der Waals surface area contributed by atoms with Gasteiger partial charge in [0, 0.05) is 32.0 Å². The number of carbonyl (C=O) groups is 2. The Balaban J connectivity index is 1.56. The van der Waals surface area contributed by atoms with Crippen LogP contribution in [0.3, 0.4) is 0 Å². The minimum absolute atomic E-state index is 0.00459. The number of ether oxygens (including phenoxy) is 1. The van der Waals surface area contributed by atoms with Gasteiger partial charge in [0.05, 0.1) is 25.2 Å². The van der Waals surface area contributed by atoms with Gasteiger partial charge in [0.1, 0.15) is 6.61 Å². The number of hydrogen-bond donors (Lipinski definition) is 1. The van der Waals surface area contributed by atoms with E-state index in [-0.39, 0.29) is 49.6 Å². The average molecular weight is 381 g/mol. The highest BCUT2D eigenvalue weighted by atomic mass is 16.5. The van der Waals surface area contributed by atoms with Gasteiger partial charge in [-0.25, -0.2) is 0 Å². The lowest BCUT2D eigenvalue weighted by Gasteiger charge is -2.58. The van der Waals surface area contributed by atoms with E-state index in [2.05, 4.69) is 4.98 Å². The molecule has 7 nitrogen and oxygen atoms in total. The van der Waals surface area contributed by atoms with Crippen molar-refractivity contribution in [1.29, 1.82) is 0 Å². The molecule has 146 valence electrons. The Morgan fingerprint density at radius 2 is 2.04 bits per heavy atom. The first-order valence-electron chi connectivity index (χ1n) is 9.33. The van der Waals surface area contributed by atoms with Crippen molar-refractivity contribution >= 4 is 11.8 Å². The fourth-order valence-corrected chi connectivity index (χ4v) is 4.34. The fraction of sp³-hybridized carbons (Fsp3) is 0.381. The zero-order valence-corrected chi connectivity index (χ0v) is 15.7. The van der Waals surface area contributed by atoms with E-state index < -0.39 is 0 Å². The number of piperazine rings is 1. The Labute approximate surface area is 163 Å². The number of hydrogen-bond acceptors (Lipinski definition) is 5. The Hall–Kier alpha value is -2.77. The molecule has 4 rings (SSSR count). The molecule has 2 fully saturated rings. The second-order valence-corrected chi connectivity index (χ2v) is 7.22. The Bertz CT molecular complexity index is 856. The van der Waals surface area contributed by atoms with Crippen LogP contribution in [0.4, 0.5) is 0 Å². The van der Waals surface area contributed by atoms with Gasteiger partial charge in [0.2, 0.25) is 11.8 Å². The zero-order chi connectivity index (χ0) is 19.7. The predicted octanol–water partition coefficient (Wildman–Crippen LogP) is 0.893. The first-order valence-corrected chi connectivity index (χ1v) is 9.33. The molecule has 3 atom stereocenters. The Kier molecular flexibility index (Phi) is 5.11. The number of aliphatic hydroxyl groups excluding tert-OH is 1. The summed E-state index contributed by atoms with van der Waals surface area (Å²) in [5, 5.41) is 9.86. The number of carbonyl (C=O) groups excluding carboxylic acids is 2. The van der Waals surface area contributed by atoms with Crippen molar-refractivity contribution in [2.75, 3.05) is 33.4 Å². The first-order chi connectivity index (χ1) is 13.6. The molecule has 2 amide bonds. The van der Waals surface area contributed by atoms with E-state index >= 15 is 0 Å². The van der Waals surface area contributed by atoms with Crippen LogP contribution in [0.1, 0.15) is 11.5 Å². The van der Waals surface area contributed by atoms with Crippen molar-refractivity contribution < 1.29 is 19.4 Å². The van der Waals surface area contributed by atoms with E-state index in [1.165, 1.54) is 7.11 Å². The smallest absolute Gasteiger partial charge is 0.249 e. The molecule has 2 saturated heterocycles. The van der Waals surface area contributed by atoms with Crippen LogP contribution < -0.4 is 0 Å². The molecule has 28 heavy (non-hydrogen) atoms. The monoisotopic (exact) mass is 381 g/mol. The molecule has 7 heteroatoms. The highest BCUT2D eigenvalue weighted by molar-refractivity contribution is 5.88. The van der Waals surface area contributed by atoms with Gasteiger partial charge in [-0.15, -0.1) is 0 Å². The maximum Gasteiger partial charge on any atom is 0.249 e. The van der Waals surface area contributed by atoms with Crippen LogP contribution in [0.2, 0.25) is 0 Å². The third-order valence-electron chi connectivity index (χ3n) is 5.66. The second-order valence-electron chi connectivity index (χ2n) is 7.22. The molecule has 0 unspecified atom stereocenters. The van der Waals surface area contributed by atoms with E-state index in [4.69, 9.17) is 4.74 Å². The summed E-state index contributed by atoms with van der Waals surface area (Å²) < 4.78 is 4.92. The lowest BCUT2D eigenvalue weighted by molar-refractivity contribution is -0.168. The number of rotatable bonds is 5. The quantitative estimate of drug-likeness (QED) is 0.832. The van der Waals surface area contributed by atoms with Crippen LogP contribution >= 0.6 is 0 Å². The van der Waals surface area contributed by atoms with Gasteiger partial charge in [-0.2, -0.15) is 0 Å². The van der Waals surface area contributed by atoms with Crippen molar-refractivity contribution in [3.8, 4) is 11.1 Å². The van der Waals surface area contributed by atoms with Crippen LogP contribution in [-0.2, 0) is 14.3 Å². The number of aromatic nitrogens is 1. The standard InChI is InChI=1S/C21H23N3O4/c1-28-13-20(27)23-10-17-21(18(12-25)24(17)19(26)11-23)15-6-4-14(5-7-15)16-3-2-8-22-9-16/h2-9,17-18,21,25H,10-13H2,1H3/t17-,18+,21-/m1/s1. The minimum Gasteiger partial charge on any atom is -0.394 e. The number of aliphatic hydroxyl groups is 1. The van der Waals surface area contributed by atoms with Crippen molar-refractivity contribution in [1.82, 2.24) is 14.8 Å². The maximum absolute atomic E-state index is 12.5. The van der Waals surface area contributed by atoms with Gasteiger partial charge < -0.3 is 19.6 Å². The van der Waals surface area contributed by atoms with Crippen LogP contribution in [0.25, 0.3) is 11.1 Å². The van der Waals surface area contributed by atoms with Crippen LogP contribution in [0, 0.1) is 0 Å². The summed E-state index contributed by atoms with van der Waals surface area (Å²) in [6.07, 6.45) is 3.55. The molecule has 1 N–H and O–H groups in total. The van der Waals surface area contributed by atoms with E-state index in [0.29, 0.717) is 6.54 Å². The topological polar surface area (TPSA) is 83.0 Å². The van der Waals surface area contributed by atoms with Gasteiger partial charge in [-0.3, -0.25) is 14.6 Å². The van der Waals surface area contributed by atoms with Crippen LogP contribution in [-0.4, -0.2) is 77.2 Å². The summed E-state index contributed by atoms with van der Waals surface area (Å²) in [5.41, 5.74) is 3.15. The van der Waals surface area contributed by atoms with Crippen LogP contribution in [0.5, 0.6) is 0 Å². The van der Waals surface area contributed by atoms with E-state index in [9.17, 15) is 14.7 Å². The van der Waals surface area contributed by atoms with E-state index in [1.807, 2.05) is 42.6 Å². The summed E-state index contributed by atoms with van der Waals surface area (Å²) in [4.78, 5) is 32.2. The summed E-state index contributed by atoms with van der Waals surface area (Å²) in [5.74, 6) is -0.313. The van der Waals surface area contributed by atoms with Crippen molar-refractivity contribution in [2.45, 2.75) is 18.0 Å². The molecule has 2 aliphatic heterocycles. The van der Waals surface area contributed by atoms with Crippen molar-refractivity contribution in [3.63, 3.8) is 0 Å². The van der Waals surface area contributed by atoms with Gasteiger partial charge in [0.25, 0.3) is 0 Å². The molecule has 0 radical (unpaired) electrons. The molecule has 0 spiro atoms. The Morgan fingerprint density at radius 3 is 2.68 bits per heavy atom. The fourth-order valence-electron chi connectivity index (χ4n) is 4.34. The minimum atomic E-state index is -0.249. The average Bonchev–Trinajstić information content (AvgIpc) is 2.71. The third kappa shape index (κ3) is 3.16. The van der Waals surface area contributed by atoms with Crippen molar-refractivity contribution in [3.05, 3.63) is 54.4 Å². The number of pyridine rings is 1. The van der Waals surface area contributed by atoms with Gasteiger partial charge >= 0.3 is 0 Å². The normalized spacial score (nSPS) is 23.9. The SMILES string of the molecule is COCC(=O)N1CC(=O)N2[C@H](C1)[C@@H](c1ccc(-c3cccnc3)cc1)[C@@H]2CO. The molecular formula is C21H23N3O4. The van der Waals surface area contributed by atoms with Crippen LogP contribution in [0.15, 0.2) is 48.8 Å². The van der Waals surface area contributed by atoms with Gasteiger partial charge in [-0.05, 0) is 22.8 Å². The highest BCUT2D eigenvalue weighted by Crippen LogP contribution is 2.43. The Morgan fingerprint density at radius 1 is 1.25 bits per heavy atom. The van der Waals surface area contributed by atoms with Gasteiger partial charge in [0.15, 0.2) is 0 Å². The molecule has 1 aromatic carbocycles. The predicted molar refractivity (Wildman–Crippen MR) is 102 cm³/mol. The largest absolute Gasteiger partial charge is 0.394 e. The lowest BCUT2D eigenvalue weighted by atomic mass is 9.73. The van der Waals surface area contributed by atoms with Crippen molar-refractivity contribution in [2.24, 2.45) is 0 Å². The molecule has 1 aromatic heterocycles. The molecule has 2 aromatic rings. The third-order valence-corrected chi connectivity index (χ3v) is 5.66. The first kappa shape index (κ1) is 18.6. The maximum atomic E-state index is 12.5. The number of fused-ring (bicyclic) bond motifs is 1. The molecule has 3 heterocycles. The molecule has 0 bridgehead atoms. The summed E-state index contributed by atoms with van der Waals surface area (Å²) in [6.45, 7) is 0.374. The second kappa shape index (κ2) is 7.69. The number of amides is 2. The molecular weight excluding hydrogens is 358 g/mol. The number of benzene rings is 1. The van der Waals surface area contributed by atoms with E-state index in [0.717, 1.165) is 16.7 Å².